The van der Waals surface area contributed by atoms with Crippen molar-refractivity contribution in [3.05, 3.63) is 24.0 Å². The third kappa shape index (κ3) is 3.01. The molecule has 4 nitrogen and oxygen atoms in total. The highest BCUT2D eigenvalue weighted by atomic mass is 16.1. The molecule has 0 aromatic carbocycles. The van der Waals surface area contributed by atoms with E-state index < -0.39 is 5.91 Å². The van der Waals surface area contributed by atoms with Crippen molar-refractivity contribution in [1.82, 2.24) is 4.98 Å². The van der Waals surface area contributed by atoms with Crippen LogP contribution in [0, 0.1) is 0 Å². The molecule has 1 heterocycles. The fourth-order valence-electron chi connectivity index (χ4n) is 0.582. The summed E-state index contributed by atoms with van der Waals surface area (Å²) in [6.45, 7) is 4.00. The van der Waals surface area contributed by atoms with Crippen molar-refractivity contribution in [2.75, 3.05) is 5.73 Å². The Morgan fingerprint density at radius 1 is 1.50 bits per heavy atom. The van der Waals surface area contributed by atoms with Crippen LogP contribution >= 0.6 is 0 Å². The number of carbonyl (C=O) groups excluding carboxylic acids is 1. The maximum absolute atomic E-state index is 10.5. The zero-order valence-corrected chi connectivity index (χ0v) is 7.24. The van der Waals surface area contributed by atoms with Crippen LogP contribution in [0.15, 0.2) is 18.3 Å². The Hall–Kier alpha value is -1.58. The third-order valence-corrected chi connectivity index (χ3v) is 1.04. The van der Waals surface area contributed by atoms with Crippen LogP contribution in [0.25, 0.3) is 0 Å². The molecule has 0 unspecified atom stereocenters. The molecule has 0 radical (unpaired) electrons. The summed E-state index contributed by atoms with van der Waals surface area (Å²) in [5, 5.41) is 0. The molecule has 4 N–H and O–H groups in total. The van der Waals surface area contributed by atoms with Gasteiger partial charge in [0.1, 0.15) is 5.69 Å². The monoisotopic (exact) mass is 167 g/mol. The van der Waals surface area contributed by atoms with Gasteiger partial charge in [-0.25, -0.2) is 0 Å². The second-order valence-corrected chi connectivity index (χ2v) is 1.84. The molecule has 0 aliphatic rings. The Morgan fingerprint density at radius 3 is 2.42 bits per heavy atom. The second-order valence-electron chi connectivity index (χ2n) is 1.84. The van der Waals surface area contributed by atoms with E-state index in [0.717, 1.165) is 0 Å². The molecule has 0 bridgehead atoms. The number of anilines is 1. The summed E-state index contributed by atoms with van der Waals surface area (Å²) >= 11 is 0. The predicted octanol–water partition coefficient (Wildman–Crippen LogP) is 0.789. The Bertz CT molecular complexity index is 260. The maximum Gasteiger partial charge on any atom is 0.267 e. The molecule has 0 aliphatic carbocycles. The van der Waals surface area contributed by atoms with Crippen LogP contribution in [0.1, 0.15) is 24.3 Å². The van der Waals surface area contributed by atoms with Crippen LogP contribution in [0.3, 0.4) is 0 Å². The summed E-state index contributed by atoms with van der Waals surface area (Å²) in [7, 11) is 0. The topological polar surface area (TPSA) is 82.0 Å². The zero-order chi connectivity index (χ0) is 9.56. The fourth-order valence-corrected chi connectivity index (χ4v) is 0.582. The van der Waals surface area contributed by atoms with Gasteiger partial charge in [-0.3, -0.25) is 9.78 Å². The van der Waals surface area contributed by atoms with Crippen molar-refractivity contribution in [3.63, 3.8) is 0 Å². The number of nitrogens with two attached hydrogens (primary N) is 2. The number of rotatable bonds is 1. The minimum Gasteiger partial charge on any atom is -0.399 e. The van der Waals surface area contributed by atoms with Gasteiger partial charge in [-0.2, -0.15) is 0 Å². The maximum atomic E-state index is 10.5. The number of hydrogen-bond acceptors (Lipinski definition) is 3. The standard InChI is InChI=1S/C6H7N3O.C2H6/c7-4-1-2-9-5(3-4)6(8)10;1-2/h1-3H,(H2,7,9)(H2,8,10);1-2H3. The summed E-state index contributed by atoms with van der Waals surface area (Å²) < 4.78 is 0. The second kappa shape index (κ2) is 5.12. The fraction of sp³-hybridized carbons (Fsp3) is 0.250. The molecule has 1 aromatic rings. The first-order valence-corrected chi connectivity index (χ1v) is 3.71. The van der Waals surface area contributed by atoms with E-state index in [1.54, 1.807) is 6.07 Å². The van der Waals surface area contributed by atoms with Gasteiger partial charge in [-0.1, -0.05) is 13.8 Å². The van der Waals surface area contributed by atoms with Crippen molar-refractivity contribution in [3.8, 4) is 0 Å². The van der Waals surface area contributed by atoms with Gasteiger partial charge in [-0.15, -0.1) is 0 Å². The van der Waals surface area contributed by atoms with Crippen LogP contribution in [0.4, 0.5) is 5.69 Å². The third-order valence-electron chi connectivity index (χ3n) is 1.04. The first kappa shape index (κ1) is 10.4. The summed E-state index contributed by atoms with van der Waals surface area (Å²) in [5.74, 6) is -0.563. The molecule has 0 fully saturated rings. The Balaban J connectivity index is 0.000000561. The van der Waals surface area contributed by atoms with Gasteiger partial charge in [0.15, 0.2) is 0 Å². The van der Waals surface area contributed by atoms with E-state index in [1.807, 2.05) is 13.8 Å². The van der Waals surface area contributed by atoms with E-state index in [0.29, 0.717) is 5.69 Å². The van der Waals surface area contributed by atoms with Gasteiger partial charge >= 0.3 is 0 Å². The Kier molecular flexibility index (Phi) is 4.45. The number of carbonyl (C=O) groups is 1. The van der Waals surface area contributed by atoms with Crippen molar-refractivity contribution in [2.45, 2.75) is 13.8 Å². The molecular formula is C8H13N3O. The molecule has 1 rings (SSSR count). The van der Waals surface area contributed by atoms with Gasteiger partial charge in [0.2, 0.25) is 0 Å². The van der Waals surface area contributed by atoms with Gasteiger partial charge in [0.05, 0.1) is 0 Å². The van der Waals surface area contributed by atoms with Gasteiger partial charge in [0, 0.05) is 11.9 Å². The SMILES string of the molecule is CC.NC(=O)c1cc(N)ccn1. The molecule has 4 heteroatoms. The summed E-state index contributed by atoms with van der Waals surface area (Å²) in [6, 6.07) is 3.02. The highest BCUT2D eigenvalue weighted by molar-refractivity contribution is 5.91. The number of aromatic nitrogens is 1. The summed E-state index contributed by atoms with van der Waals surface area (Å²) in [6.07, 6.45) is 1.44. The lowest BCUT2D eigenvalue weighted by molar-refractivity contribution is 0.0995. The average molecular weight is 167 g/mol. The van der Waals surface area contributed by atoms with Gasteiger partial charge < -0.3 is 11.5 Å². The summed E-state index contributed by atoms with van der Waals surface area (Å²) in [4.78, 5) is 14.1. The molecule has 1 aromatic heterocycles. The van der Waals surface area contributed by atoms with Crippen molar-refractivity contribution >= 4 is 11.6 Å². The minimum atomic E-state index is -0.563. The molecule has 1 amide bonds. The van der Waals surface area contributed by atoms with Crippen LogP contribution < -0.4 is 11.5 Å². The van der Waals surface area contributed by atoms with Crippen molar-refractivity contribution < 1.29 is 4.79 Å². The van der Waals surface area contributed by atoms with Crippen LogP contribution in [0.5, 0.6) is 0 Å². The molecule has 66 valence electrons. The molecule has 0 aliphatic heterocycles. The van der Waals surface area contributed by atoms with Gasteiger partial charge in [-0.05, 0) is 12.1 Å². The lowest BCUT2D eigenvalue weighted by Crippen LogP contribution is -2.12. The van der Waals surface area contributed by atoms with Crippen LogP contribution in [0.2, 0.25) is 0 Å². The van der Waals surface area contributed by atoms with E-state index in [4.69, 9.17) is 11.5 Å². The normalized spacial score (nSPS) is 8.17. The highest BCUT2D eigenvalue weighted by Crippen LogP contribution is 2.00. The van der Waals surface area contributed by atoms with E-state index in [-0.39, 0.29) is 5.69 Å². The Morgan fingerprint density at radius 2 is 2.08 bits per heavy atom. The smallest absolute Gasteiger partial charge is 0.267 e. The van der Waals surface area contributed by atoms with E-state index in [2.05, 4.69) is 4.98 Å². The molecule has 0 spiro atoms. The number of hydrogen-bond donors (Lipinski definition) is 2. The van der Waals surface area contributed by atoms with Crippen molar-refractivity contribution in [1.29, 1.82) is 0 Å². The lowest BCUT2D eigenvalue weighted by atomic mass is 10.3. The lowest BCUT2D eigenvalue weighted by Gasteiger charge is -1.93. The molecule has 0 saturated carbocycles. The number of pyridine rings is 1. The zero-order valence-electron chi connectivity index (χ0n) is 7.24. The summed E-state index contributed by atoms with van der Waals surface area (Å²) in [5.41, 5.74) is 11.0. The number of amides is 1. The molecule has 12 heavy (non-hydrogen) atoms. The van der Waals surface area contributed by atoms with Gasteiger partial charge in [0.25, 0.3) is 5.91 Å². The number of nitrogens with zero attached hydrogens (tertiary/aromatic N) is 1. The predicted molar refractivity (Wildman–Crippen MR) is 48.5 cm³/mol. The highest BCUT2D eigenvalue weighted by Gasteiger charge is 1.99. The van der Waals surface area contributed by atoms with Crippen LogP contribution in [-0.2, 0) is 0 Å². The van der Waals surface area contributed by atoms with E-state index >= 15 is 0 Å². The Labute approximate surface area is 71.6 Å². The number of primary amides is 1. The minimum absolute atomic E-state index is 0.194. The largest absolute Gasteiger partial charge is 0.399 e. The average Bonchev–Trinajstić information content (AvgIpc) is 2.08. The first-order valence-electron chi connectivity index (χ1n) is 3.71. The van der Waals surface area contributed by atoms with Crippen LogP contribution in [-0.4, -0.2) is 10.9 Å². The van der Waals surface area contributed by atoms with Crippen molar-refractivity contribution in [2.24, 2.45) is 5.73 Å². The molecule has 0 saturated heterocycles. The first-order chi connectivity index (χ1) is 5.70. The quantitative estimate of drug-likeness (QED) is 0.648. The molecular weight excluding hydrogens is 154 g/mol. The molecule has 0 atom stereocenters. The van der Waals surface area contributed by atoms with E-state index in [1.165, 1.54) is 12.3 Å². The van der Waals surface area contributed by atoms with E-state index in [9.17, 15) is 4.79 Å². The number of nitrogen functional groups attached to an aromatic ring is 1.